The van der Waals surface area contributed by atoms with Crippen LogP contribution in [0.25, 0.3) is 0 Å². The van der Waals surface area contributed by atoms with Crippen LogP contribution in [0, 0.1) is 35.6 Å². The van der Waals surface area contributed by atoms with Crippen molar-refractivity contribution in [3.8, 4) is 5.75 Å². The van der Waals surface area contributed by atoms with E-state index in [0.29, 0.717) is 46.0 Å². The van der Waals surface area contributed by atoms with Gasteiger partial charge in [-0.15, -0.1) is 0 Å². The van der Waals surface area contributed by atoms with Gasteiger partial charge in [0.2, 0.25) is 23.3 Å². The summed E-state index contributed by atoms with van der Waals surface area (Å²) in [5, 5.41) is 2.86. The highest BCUT2D eigenvalue weighted by atomic mass is 19.2. The van der Waals surface area contributed by atoms with Crippen molar-refractivity contribution in [1.82, 2.24) is 5.32 Å². The lowest BCUT2D eigenvalue weighted by atomic mass is 9.92. The average molecular weight is 540 g/mol. The fourth-order valence-electron chi connectivity index (χ4n) is 2.72. The summed E-state index contributed by atoms with van der Waals surface area (Å²) in [7, 11) is 0. The van der Waals surface area contributed by atoms with Crippen LogP contribution < -0.4 is 10.1 Å². The zero-order valence-electron chi connectivity index (χ0n) is 21.9. The number of ether oxygens (including phenoxy) is 5. The summed E-state index contributed by atoms with van der Waals surface area (Å²) in [6.07, 6.45) is 0.807. The number of esters is 1. The first-order chi connectivity index (χ1) is 17.4. The summed E-state index contributed by atoms with van der Waals surface area (Å²) in [5.74, 6) is -9.38. The summed E-state index contributed by atoms with van der Waals surface area (Å²) in [5.41, 5.74) is -0.672. The first-order valence-electron chi connectivity index (χ1n) is 12.0. The average Bonchev–Trinajstić information content (AvgIpc) is 2.83. The molecule has 0 bridgehead atoms. The van der Waals surface area contributed by atoms with Crippen molar-refractivity contribution in [3.05, 3.63) is 28.8 Å². The van der Waals surface area contributed by atoms with Crippen LogP contribution in [0.15, 0.2) is 0 Å². The van der Waals surface area contributed by atoms with Gasteiger partial charge in [0.25, 0.3) is 0 Å². The molecule has 0 spiro atoms. The Kier molecular flexibility index (Phi) is 15.3. The third-order valence-corrected chi connectivity index (χ3v) is 4.90. The summed E-state index contributed by atoms with van der Waals surface area (Å²) < 4.78 is 80.0. The van der Waals surface area contributed by atoms with Gasteiger partial charge in [-0.3, -0.25) is 9.59 Å². The molecule has 0 heterocycles. The maximum atomic E-state index is 13.7. The Morgan fingerprint density at radius 3 is 1.59 bits per heavy atom. The molecule has 1 N–H and O–H groups in total. The monoisotopic (exact) mass is 539 g/mol. The van der Waals surface area contributed by atoms with Crippen LogP contribution in [0.5, 0.6) is 5.75 Å². The highest BCUT2D eigenvalue weighted by Crippen LogP contribution is 2.29. The van der Waals surface area contributed by atoms with Crippen molar-refractivity contribution < 1.29 is 50.8 Å². The lowest BCUT2D eigenvalue weighted by Crippen LogP contribution is -2.28. The highest BCUT2D eigenvalue weighted by Gasteiger charge is 2.26. The molecule has 212 valence electrons. The maximum absolute atomic E-state index is 13.7. The van der Waals surface area contributed by atoms with E-state index in [-0.39, 0.29) is 31.1 Å². The van der Waals surface area contributed by atoms with Crippen LogP contribution in [0.4, 0.5) is 17.6 Å². The summed E-state index contributed by atoms with van der Waals surface area (Å²) >= 11 is 0. The summed E-state index contributed by atoms with van der Waals surface area (Å²) in [6.45, 7) is 9.67. The molecular formula is C25H37F4NO7. The van der Waals surface area contributed by atoms with E-state index in [1.165, 1.54) is 0 Å². The van der Waals surface area contributed by atoms with E-state index in [9.17, 15) is 27.2 Å². The van der Waals surface area contributed by atoms with Crippen LogP contribution >= 0.6 is 0 Å². The maximum Gasteiger partial charge on any atom is 0.313 e. The predicted octanol–water partition coefficient (Wildman–Crippen LogP) is 3.86. The van der Waals surface area contributed by atoms with Gasteiger partial charge in [0.1, 0.15) is 0 Å². The van der Waals surface area contributed by atoms with E-state index >= 15 is 0 Å². The smallest absolute Gasteiger partial charge is 0.313 e. The molecule has 0 saturated carbocycles. The number of halogens is 4. The van der Waals surface area contributed by atoms with Crippen molar-refractivity contribution in [1.29, 1.82) is 0 Å². The zero-order chi connectivity index (χ0) is 27.8. The Bertz CT molecular complexity index is 833. The van der Waals surface area contributed by atoms with Crippen LogP contribution in [-0.2, 0) is 28.5 Å². The molecule has 0 aliphatic heterocycles. The van der Waals surface area contributed by atoms with E-state index in [2.05, 4.69) is 30.8 Å². The van der Waals surface area contributed by atoms with Crippen molar-refractivity contribution in [2.24, 2.45) is 5.41 Å². The van der Waals surface area contributed by atoms with Gasteiger partial charge >= 0.3 is 5.97 Å². The second-order valence-corrected chi connectivity index (χ2v) is 9.29. The predicted molar refractivity (Wildman–Crippen MR) is 126 cm³/mol. The standard InChI is InChI=1S/C25H37F4NO7/c1-17-20(26)22(28)24(23(29)21(17)27)37-19(32)6-10-34-12-14-36-16-15-35-13-11-33-9-5-18(31)30-8-7-25(2,3)4/h5-16H2,1-4H3,(H,30,31). The molecule has 1 rings (SSSR count). The number of carbonyl (C=O) groups excluding carboxylic acids is 2. The van der Waals surface area contributed by atoms with Crippen LogP contribution in [0.2, 0.25) is 0 Å². The van der Waals surface area contributed by atoms with Crippen LogP contribution in [0.1, 0.15) is 45.6 Å². The number of nitrogens with one attached hydrogen (secondary N) is 1. The van der Waals surface area contributed by atoms with Gasteiger partial charge in [0.15, 0.2) is 11.6 Å². The molecule has 0 atom stereocenters. The molecule has 37 heavy (non-hydrogen) atoms. The third-order valence-electron chi connectivity index (χ3n) is 4.90. The van der Waals surface area contributed by atoms with E-state index < -0.39 is 47.0 Å². The minimum atomic E-state index is -1.78. The lowest BCUT2D eigenvalue weighted by Gasteiger charge is -2.17. The normalized spacial score (nSPS) is 11.6. The number of hydrogen-bond donors (Lipinski definition) is 1. The molecule has 12 heteroatoms. The molecular weight excluding hydrogens is 502 g/mol. The molecule has 0 aliphatic carbocycles. The molecule has 1 aromatic rings. The first-order valence-corrected chi connectivity index (χ1v) is 12.0. The summed E-state index contributed by atoms with van der Waals surface area (Å²) in [6, 6.07) is 0. The number of amides is 1. The Balaban J connectivity index is 1.97. The van der Waals surface area contributed by atoms with Gasteiger partial charge < -0.3 is 29.0 Å². The fraction of sp³-hybridized carbons (Fsp3) is 0.680. The molecule has 8 nitrogen and oxygen atoms in total. The molecule has 1 amide bonds. The van der Waals surface area contributed by atoms with Gasteiger partial charge in [0.05, 0.1) is 59.3 Å². The van der Waals surface area contributed by atoms with Gasteiger partial charge in [-0.2, -0.15) is 8.78 Å². The molecule has 0 aromatic heterocycles. The van der Waals surface area contributed by atoms with Gasteiger partial charge in [0, 0.05) is 18.5 Å². The second kappa shape index (κ2) is 17.3. The van der Waals surface area contributed by atoms with Gasteiger partial charge in [-0.1, -0.05) is 20.8 Å². The van der Waals surface area contributed by atoms with Crippen molar-refractivity contribution >= 4 is 11.9 Å². The SMILES string of the molecule is Cc1c(F)c(F)c(OC(=O)CCOCCOCCOCCOCCC(=O)NCCC(C)(C)C)c(F)c1F. The van der Waals surface area contributed by atoms with E-state index in [1.807, 2.05) is 0 Å². The van der Waals surface area contributed by atoms with E-state index in [4.69, 9.17) is 18.9 Å². The Hall–Kier alpha value is -2.28. The molecule has 0 fully saturated rings. The molecule has 0 unspecified atom stereocenters. The number of benzene rings is 1. The minimum Gasteiger partial charge on any atom is -0.420 e. The van der Waals surface area contributed by atoms with Gasteiger partial charge in [-0.25, -0.2) is 8.78 Å². The van der Waals surface area contributed by atoms with Crippen molar-refractivity contribution in [3.63, 3.8) is 0 Å². The molecule has 0 aliphatic rings. The van der Waals surface area contributed by atoms with Gasteiger partial charge in [-0.05, 0) is 18.8 Å². The number of hydrogen-bond acceptors (Lipinski definition) is 7. The van der Waals surface area contributed by atoms with E-state index in [0.717, 1.165) is 13.3 Å². The zero-order valence-corrected chi connectivity index (χ0v) is 21.9. The molecule has 0 radical (unpaired) electrons. The minimum absolute atomic E-state index is 0.0440. The van der Waals surface area contributed by atoms with Crippen LogP contribution in [-0.4, -0.2) is 71.3 Å². The Morgan fingerprint density at radius 1 is 0.703 bits per heavy atom. The van der Waals surface area contributed by atoms with E-state index in [1.54, 1.807) is 0 Å². The fourth-order valence-corrected chi connectivity index (χ4v) is 2.72. The quantitative estimate of drug-likeness (QED) is 0.0996. The second-order valence-electron chi connectivity index (χ2n) is 9.29. The number of carbonyl (C=O) groups is 2. The molecule has 1 aromatic carbocycles. The topological polar surface area (TPSA) is 92.3 Å². The largest absolute Gasteiger partial charge is 0.420 e. The van der Waals surface area contributed by atoms with Crippen molar-refractivity contribution in [2.75, 3.05) is 59.4 Å². The molecule has 0 saturated heterocycles. The van der Waals surface area contributed by atoms with Crippen molar-refractivity contribution in [2.45, 2.75) is 47.0 Å². The number of rotatable bonds is 18. The first kappa shape index (κ1) is 32.7. The summed E-state index contributed by atoms with van der Waals surface area (Å²) in [4.78, 5) is 23.3. The lowest BCUT2D eigenvalue weighted by molar-refractivity contribution is -0.136. The third kappa shape index (κ3) is 13.7. The Morgan fingerprint density at radius 2 is 1.14 bits per heavy atom. The Labute approximate surface area is 214 Å². The highest BCUT2D eigenvalue weighted by molar-refractivity contribution is 5.75. The van der Waals surface area contributed by atoms with Crippen LogP contribution in [0.3, 0.4) is 0 Å².